The number of allylic oxidation sites excluding steroid dienone is 3. The molecular formula is C9H8N2O. The van der Waals surface area contributed by atoms with Crippen LogP contribution in [0.1, 0.15) is 0 Å². The number of nitrogens with zero attached hydrogens (tertiary/aromatic N) is 1. The predicted octanol–water partition coefficient (Wildman–Crippen LogP) is 0.567. The highest BCUT2D eigenvalue weighted by Gasteiger charge is 2.15. The van der Waals surface area contributed by atoms with Crippen LogP contribution in [0.5, 0.6) is 0 Å². The van der Waals surface area contributed by atoms with E-state index in [-0.39, 0.29) is 5.91 Å². The number of carbonyl (C=O) groups is 1. The standard InChI is InChI=1S/C9H8N2O/c12-9-7-4-6-10-8(7)3-1-2-5-11-9/h1-4,6H,5H2,(H,11,12). The molecule has 0 spiro atoms. The molecule has 60 valence electrons. The van der Waals surface area contributed by atoms with E-state index in [1.54, 1.807) is 12.3 Å². The van der Waals surface area contributed by atoms with Crippen molar-refractivity contribution in [2.75, 3.05) is 6.54 Å². The smallest absolute Gasteiger partial charge is 0.253 e. The number of rotatable bonds is 0. The van der Waals surface area contributed by atoms with Crippen LogP contribution in [-0.4, -0.2) is 18.7 Å². The zero-order valence-corrected chi connectivity index (χ0v) is 6.45. The van der Waals surface area contributed by atoms with Gasteiger partial charge in [0, 0.05) is 12.8 Å². The molecule has 0 saturated carbocycles. The minimum Gasteiger partial charge on any atom is -0.348 e. The molecule has 0 atom stereocenters. The van der Waals surface area contributed by atoms with Crippen molar-refractivity contribution in [3.63, 3.8) is 0 Å². The Labute approximate surface area is 70.2 Å². The van der Waals surface area contributed by atoms with E-state index in [2.05, 4.69) is 10.3 Å². The summed E-state index contributed by atoms with van der Waals surface area (Å²) in [5.74, 6) is -0.0527. The SMILES string of the molecule is O=C1NCC=CC=C2N=CC=C12. The molecule has 3 heteroatoms. The van der Waals surface area contributed by atoms with Gasteiger partial charge in [-0.05, 0) is 12.2 Å². The van der Waals surface area contributed by atoms with Gasteiger partial charge in [0.15, 0.2) is 0 Å². The molecule has 12 heavy (non-hydrogen) atoms. The molecule has 0 aromatic rings. The molecule has 2 aliphatic rings. The molecule has 1 amide bonds. The molecule has 2 rings (SSSR count). The summed E-state index contributed by atoms with van der Waals surface area (Å²) in [5, 5.41) is 2.74. The first kappa shape index (κ1) is 7.03. The fourth-order valence-electron chi connectivity index (χ4n) is 1.15. The number of fused-ring (bicyclic) bond motifs is 1. The van der Waals surface area contributed by atoms with Crippen molar-refractivity contribution in [3.8, 4) is 0 Å². The van der Waals surface area contributed by atoms with Crippen LogP contribution in [0.25, 0.3) is 0 Å². The highest BCUT2D eigenvalue weighted by molar-refractivity contribution is 6.04. The number of carbonyl (C=O) groups excluding carboxylic acids is 1. The highest BCUT2D eigenvalue weighted by Crippen LogP contribution is 2.16. The molecule has 0 aromatic carbocycles. The summed E-state index contributed by atoms with van der Waals surface area (Å²) in [5.41, 5.74) is 1.39. The summed E-state index contributed by atoms with van der Waals surface area (Å²) in [6.07, 6.45) is 8.98. The second kappa shape index (κ2) is 2.77. The van der Waals surface area contributed by atoms with Crippen molar-refractivity contribution in [1.29, 1.82) is 0 Å². The Morgan fingerprint density at radius 1 is 1.42 bits per heavy atom. The first-order valence-electron chi connectivity index (χ1n) is 3.78. The van der Waals surface area contributed by atoms with Crippen LogP contribution in [-0.2, 0) is 4.79 Å². The van der Waals surface area contributed by atoms with Crippen molar-refractivity contribution in [1.82, 2.24) is 5.32 Å². The maximum absolute atomic E-state index is 11.3. The number of aliphatic imine (C=N–C) groups is 1. The van der Waals surface area contributed by atoms with Crippen LogP contribution in [0.3, 0.4) is 0 Å². The van der Waals surface area contributed by atoms with E-state index in [1.807, 2.05) is 18.2 Å². The van der Waals surface area contributed by atoms with Gasteiger partial charge in [0.25, 0.3) is 5.91 Å². The second-order valence-corrected chi connectivity index (χ2v) is 2.55. The average Bonchev–Trinajstić information content (AvgIpc) is 2.47. The largest absolute Gasteiger partial charge is 0.348 e. The number of hydrogen-bond acceptors (Lipinski definition) is 2. The van der Waals surface area contributed by atoms with Gasteiger partial charge in [-0.1, -0.05) is 12.2 Å². The van der Waals surface area contributed by atoms with Gasteiger partial charge in [0.1, 0.15) is 0 Å². The number of hydrogen-bond donors (Lipinski definition) is 1. The van der Waals surface area contributed by atoms with E-state index < -0.39 is 0 Å². The molecule has 0 fully saturated rings. The molecule has 0 unspecified atom stereocenters. The van der Waals surface area contributed by atoms with Crippen molar-refractivity contribution in [2.45, 2.75) is 0 Å². The fourth-order valence-corrected chi connectivity index (χ4v) is 1.15. The van der Waals surface area contributed by atoms with Crippen LogP contribution in [0.4, 0.5) is 0 Å². The first-order valence-corrected chi connectivity index (χ1v) is 3.78. The first-order chi connectivity index (χ1) is 5.88. The summed E-state index contributed by atoms with van der Waals surface area (Å²) in [6, 6.07) is 0. The second-order valence-electron chi connectivity index (χ2n) is 2.55. The van der Waals surface area contributed by atoms with Crippen LogP contribution in [0.15, 0.2) is 40.6 Å². The topological polar surface area (TPSA) is 41.5 Å². The van der Waals surface area contributed by atoms with E-state index in [4.69, 9.17) is 0 Å². The highest BCUT2D eigenvalue weighted by atomic mass is 16.1. The van der Waals surface area contributed by atoms with Gasteiger partial charge in [-0.3, -0.25) is 9.79 Å². The summed E-state index contributed by atoms with van der Waals surface area (Å²) >= 11 is 0. The molecule has 0 aliphatic carbocycles. The maximum atomic E-state index is 11.3. The van der Waals surface area contributed by atoms with E-state index in [0.717, 1.165) is 5.70 Å². The Balaban J connectivity index is 2.40. The Kier molecular flexibility index (Phi) is 1.63. The molecule has 0 radical (unpaired) electrons. The average molecular weight is 160 g/mol. The molecule has 0 saturated heterocycles. The summed E-state index contributed by atoms with van der Waals surface area (Å²) in [4.78, 5) is 15.4. The molecule has 2 aliphatic heterocycles. The fraction of sp³-hybridized carbons (Fsp3) is 0.111. The maximum Gasteiger partial charge on any atom is 0.253 e. The summed E-state index contributed by atoms with van der Waals surface area (Å²) in [6.45, 7) is 0.583. The van der Waals surface area contributed by atoms with Crippen molar-refractivity contribution in [3.05, 3.63) is 35.6 Å². The predicted molar refractivity (Wildman–Crippen MR) is 46.8 cm³/mol. The van der Waals surface area contributed by atoms with E-state index in [9.17, 15) is 4.79 Å². The van der Waals surface area contributed by atoms with Crippen LogP contribution < -0.4 is 5.32 Å². The van der Waals surface area contributed by atoms with Gasteiger partial charge in [-0.2, -0.15) is 0 Å². The third-order valence-corrected chi connectivity index (χ3v) is 1.75. The van der Waals surface area contributed by atoms with Crippen LogP contribution >= 0.6 is 0 Å². The zero-order valence-electron chi connectivity index (χ0n) is 6.45. The zero-order chi connectivity index (χ0) is 8.39. The van der Waals surface area contributed by atoms with E-state index in [0.29, 0.717) is 12.1 Å². The number of amides is 1. The van der Waals surface area contributed by atoms with Crippen molar-refractivity contribution >= 4 is 12.1 Å². The van der Waals surface area contributed by atoms with Gasteiger partial charge < -0.3 is 5.32 Å². The Hall–Kier alpha value is -1.64. The molecular weight excluding hydrogens is 152 g/mol. The Morgan fingerprint density at radius 2 is 2.33 bits per heavy atom. The number of nitrogens with one attached hydrogen (secondary N) is 1. The Morgan fingerprint density at radius 3 is 3.25 bits per heavy atom. The Bertz CT molecular complexity index is 334. The van der Waals surface area contributed by atoms with Crippen LogP contribution in [0.2, 0.25) is 0 Å². The lowest BCUT2D eigenvalue weighted by Gasteiger charge is -2.05. The lowest BCUT2D eigenvalue weighted by molar-refractivity contribution is -0.117. The summed E-state index contributed by atoms with van der Waals surface area (Å²) in [7, 11) is 0. The lowest BCUT2D eigenvalue weighted by Crippen LogP contribution is -2.25. The summed E-state index contributed by atoms with van der Waals surface area (Å²) < 4.78 is 0. The molecule has 3 nitrogen and oxygen atoms in total. The van der Waals surface area contributed by atoms with Gasteiger partial charge in [-0.25, -0.2) is 0 Å². The molecule has 0 aromatic heterocycles. The third kappa shape index (κ3) is 1.09. The van der Waals surface area contributed by atoms with Gasteiger partial charge in [-0.15, -0.1) is 0 Å². The quantitative estimate of drug-likeness (QED) is 0.553. The normalized spacial score (nSPS) is 20.5. The third-order valence-electron chi connectivity index (χ3n) is 1.75. The van der Waals surface area contributed by atoms with Crippen LogP contribution in [0, 0.1) is 0 Å². The minimum absolute atomic E-state index is 0.0527. The van der Waals surface area contributed by atoms with Gasteiger partial charge in [0.05, 0.1) is 11.3 Å². The van der Waals surface area contributed by atoms with E-state index >= 15 is 0 Å². The van der Waals surface area contributed by atoms with E-state index in [1.165, 1.54) is 0 Å². The lowest BCUT2D eigenvalue weighted by atomic mass is 10.1. The van der Waals surface area contributed by atoms with Gasteiger partial charge in [0.2, 0.25) is 0 Å². The van der Waals surface area contributed by atoms with Crippen molar-refractivity contribution in [2.24, 2.45) is 4.99 Å². The molecule has 1 N–H and O–H groups in total. The van der Waals surface area contributed by atoms with Crippen molar-refractivity contribution < 1.29 is 4.79 Å². The monoisotopic (exact) mass is 160 g/mol. The molecule has 2 heterocycles. The minimum atomic E-state index is -0.0527. The molecule has 0 bridgehead atoms. The van der Waals surface area contributed by atoms with Gasteiger partial charge >= 0.3 is 0 Å².